The first-order valence-electron chi connectivity index (χ1n) is 6.63. The van der Waals surface area contributed by atoms with Gasteiger partial charge in [0.25, 0.3) is 0 Å². The van der Waals surface area contributed by atoms with Gasteiger partial charge in [0, 0.05) is 12.1 Å². The topological polar surface area (TPSA) is 56.0 Å². The van der Waals surface area contributed by atoms with Gasteiger partial charge >= 0.3 is 0 Å². The number of halogens is 1. The average Bonchev–Trinajstić information content (AvgIpc) is 2.38. The van der Waals surface area contributed by atoms with Crippen LogP contribution in [0, 0.1) is 11.3 Å². The molecular formula is C16H19BrN2OS. The molecule has 1 rings (SSSR count). The maximum atomic E-state index is 10.2. The third-order valence-electron chi connectivity index (χ3n) is 2.91. The standard InChI is InChI=1S/C16H19BrN2OS/c1-5-19-15(21)11(9-18)6-10-7-12(16(2,3)4)14(20)13(17)8-10/h6-8,20H,5H2,1-4H3,(H,19,21)/b11-6+. The van der Waals surface area contributed by atoms with Crippen LogP contribution in [0.3, 0.4) is 0 Å². The number of benzene rings is 1. The Balaban J connectivity index is 3.36. The van der Waals surface area contributed by atoms with Gasteiger partial charge in [-0.05, 0) is 52.0 Å². The van der Waals surface area contributed by atoms with Gasteiger partial charge in [0.1, 0.15) is 16.8 Å². The van der Waals surface area contributed by atoms with Gasteiger partial charge in [-0.25, -0.2) is 0 Å². The zero-order chi connectivity index (χ0) is 16.2. The van der Waals surface area contributed by atoms with Gasteiger partial charge in [0.05, 0.1) is 10.0 Å². The first kappa shape index (κ1) is 17.7. The summed E-state index contributed by atoms with van der Waals surface area (Å²) in [5, 5.41) is 22.4. The van der Waals surface area contributed by atoms with Crippen LogP contribution in [0.2, 0.25) is 0 Å². The molecule has 1 aromatic carbocycles. The number of hydrogen-bond acceptors (Lipinski definition) is 3. The number of phenolic OH excluding ortho intramolecular Hbond substituents is 1. The molecule has 0 unspecified atom stereocenters. The highest BCUT2D eigenvalue weighted by atomic mass is 79.9. The molecule has 0 atom stereocenters. The van der Waals surface area contributed by atoms with Crippen molar-refractivity contribution < 1.29 is 5.11 Å². The highest BCUT2D eigenvalue weighted by molar-refractivity contribution is 9.10. The van der Waals surface area contributed by atoms with Crippen molar-refractivity contribution in [1.82, 2.24) is 5.32 Å². The molecule has 0 radical (unpaired) electrons. The number of nitrogens with zero attached hydrogens (tertiary/aromatic N) is 1. The van der Waals surface area contributed by atoms with E-state index in [1.165, 1.54) is 0 Å². The number of rotatable bonds is 3. The number of nitriles is 1. The summed E-state index contributed by atoms with van der Waals surface area (Å²) in [5.41, 5.74) is 1.84. The molecule has 0 saturated heterocycles. The lowest BCUT2D eigenvalue weighted by atomic mass is 9.85. The Morgan fingerprint density at radius 3 is 2.57 bits per heavy atom. The van der Waals surface area contributed by atoms with Crippen LogP contribution in [-0.2, 0) is 5.41 Å². The van der Waals surface area contributed by atoms with Crippen molar-refractivity contribution in [2.75, 3.05) is 6.54 Å². The molecule has 0 aliphatic rings. The summed E-state index contributed by atoms with van der Waals surface area (Å²) in [6.45, 7) is 8.67. The van der Waals surface area contributed by atoms with Crippen LogP contribution in [0.4, 0.5) is 0 Å². The highest BCUT2D eigenvalue weighted by Gasteiger charge is 2.20. The predicted octanol–water partition coefficient (Wildman–Crippen LogP) is 4.30. The first-order chi connectivity index (χ1) is 9.70. The van der Waals surface area contributed by atoms with Crippen LogP contribution in [0.5, 0.6) is 5.75 Å². The first-order valence-corrected chi connectivity index (χ1v) is 7.83. The quantitative estimate of drug-likeness (QED) is 0.475. The maximum absolute atomic E-state index is 10.2. The number of hydrogen-bond donors (Lipinski definition) is 2. The molecule has 0 fully saturated rings. The van der Waals surface area contributed by atoms with Gasteiger partial charge in [-0.3, -0.25) is 0 Å². The maximum Gasteiger partial charge on any atom is 0.133 e. The van der Waals surface area contributed by atoms with Gasteiger partial charge in [-0.15, -0.1) is 0 Å². The van der Waals surface area contributed by atoms with Crippen molar-refractivity contribution in [2.45, 2.75) is 33.1 Å². The van der Waals surface area contributed by atoms with Crippen LogP contribution in [0.15, 0.2) is 22.2 Å². The normalized spacial score (nSPS) is 11.9. The van der Waals surface area contributed by atoms with E-state index in [4.69, 9.17) is 12.2 Å². The SMILES string of the molecule is CCNC(=S)/C(C#N)=C/c1cc(Br)c(O)c(C(C)(C)C)c1. The highest BCUT2D eigenvalue weighted by Crippen LogP contribution is 2.37. The third kappa shape index (κ3) is 4.55. The van der Waals surface area contributed by atoms with Crippen LogP contribution in [0.25, 0.3) is 6.08 Å². The average molecular weight is 367 g/mol. The van der Waals surface area contributed by atoms with E-state index < -0.39 is 0 Å². The largest absolute Gasteiger partial charge is 0.506 e. The Hall–Kier alpha value is -1.38. The van der Waals surface area contributed by atoms with Gasteiger partial charge in [-0.1, -0.05) is 33.0 Å². The van der Waals surface area contributed by atoms with E-state index >= 15 is 0 Å². The summed E-state index contributed by atoms with van der Waals surface area (Å²) < 4.78 is 0.604. The van der Waals surface area contributed by atoms with Crippen LogP contribution < -0.4 is 5.32 Å². The van der Waals surface area contributed by atoms with Gasteiger partial charge in [-0.2, -0.15) is 5.26 Å². The predicted molar refractivity (Wildman–Crippen MR) is 94.4 cm³/mol. The molecule has 0 aliphatic carbocycles. The molecule has 0 heterocycles. The number of thiocarbonyl (C=S) groups is 1. The lowest BCUT2D eigenvalue weighted by Gasteiger charge is -2.21. The number of phenols is 1. The second-order valence-corrected chi connectivity index (χ2v) is 6.94. The molecule has 3 nitrogen and oxygen atoms in total. The summed E-state index contributed by atoms with van der Waals surface area (Å²) in [4.78, 5) is 0.432. The molecule has 0 amide bonds. The van der Waals surface area contributed by atoms with E-state index in [2.05, 4.69) is 27.3 Å². The summed E-state index contributed by atoms with van der Waals surface area (Å²) in [6, 6.07) is 5.76. The van der Waals surface area contributed by atoms with E-state index in [-0.39, 0.29) is 11.2 Å². The molecule has 0 aromatic heterocycles. The van der Waals surface area contributed by atoms with E-state index in [9.17, 15) is 10.4 Å². The van der Waals surface area contributed by atoms with E-state index in [0.29, 0.717) is 21.6 Å². The Kier molecular flexibility index (Phi) is 5.94. The van der Waals surface area contributed by atoms with Crippen molar-refractivity contribution in [3.05, 3.63) is 33.3 Å². The molecule has 0 saturated carbocycles. The summed E-state index contributed by atoms with van der Waals surface area (Å²) >= 11 is 8.53. The zero-order valence-electron chi connectivity index (χ0n) is 12.6. The fourth-order valence-electron chi connectivity index (χ4n) is 1.85. The minimum absolute atomic E-state index is 0.203. The molecule has 1 aromatic rings. The van der Waals surface area contributed by atoms with Crippen molar-refractivity contribution in [3.8, 4) is 11.8 Å². The monoisotopic (exact) mass is 366 g/mol. The van der Waals surface area contributed by atoms with Crippen LogP contribution >= 0.6 is 28.1 Å². The molecule has 21 heavy (non-hydrogen) atoms. The summed E-state index contributed by atoms with van der Waals surface area (Å²) in [5.74, 6) is 0.229. The Bertz CT molecular complexity index is 624. The number of nitrogens with one attached hydrogen (secondary N) is 1. The number of aromatic hydroxyl groups is 1. The van der Waals surface area contributed by atoms with Crippen LogP contribution in [0.1, 0.15) is 38.8 Å². The van der Waals surface area contributed by atoms with Gasteiger partial charge < -0.3 is 10.4 Å². The molecule has 0 aliphatic heterocycles. The van der Waals surface area contributed by atoms with Crippen molar-refractivity contribution >= 4 is 39.2 Å². The molecule has 2 N–H and O–H groups in total. The fourth-order valence-corrected chi connectivity index (χ4v) is 2.57. The smallest absolute Gasteiger partial charge is 0.133 e. The van der Waals surface area contributed by atoms with Crippen molar-refractivity contribution in [2.24, 2.45) is 0 Å². The second-order valence-electron chi connectivity index (χ2n) is 5.68. The Labute approximate surface area is 139 Å². The lowest BCUT2D eigenvalue weighted by molar-refractivity contribution is 0.443. The molecule has 0 spiro atoms. The number of likely N-dealkylation sites (N-methyl/N-ethyl adjacent to an activating group) is 1. The van der Waals surface area contributed by atoms with E-state index in [1.807, 2.05) is 33.8 Å². The third-order valence-corrected chi connectivity index (χ3v) is 3.88. The molecule has 0 bridgehead atoms. The zero-order valence-corrected chi connectivity index (χ0v) is 15.0. The fraction of sp³-hybridized carbons (Fsp3) is 0.375. The Morgan fingerprint density at radius 2 is 2.10 bits per heavy atom. The summed E-state index contributed by atoms with van der Waals surface area (Å²) in [6.07, 6.45) is 1.73. The minimum Gasteiger partial charge on any atom is -0.506 e. The molecular weight excluding hydrogens is 348 g/mol. The van der Waals surface area contributed by atoms with Crippen molar-refractivity contribution in [3.63, 3.8) is 0 Å². The lowest BCUT2D eigenvalue weighted by Crippen LogP contribution is -2.21. The minimum atomic E-state index is -0.203. The Morgan fingerprint density at radius 1 is 1.48 bits per heavy atom. The molecule has 5 heteroatoms. The summed E-state index contributed by atoms with van der Waals surface area (Å²) in [7, 11) is 0. The van der Waals surface area contributed by atoms with Crippen molar-refractivity contribution in [1.29, 1.82) is 5.26 Å². The van der Waals surface area contributed by atoms with Crippen LogP contribution in [-0.4, -0.2) is 16.6 Å². The van der Waals surface area contributed by atoms with E-state index in [1.54, 1.807) is 12.1 Å². The van der Waals surface area contributed by atoms with E-state index in [0.717, 1.165) is 11.1 Å². The van der Waals surface area contributed by atoms with Gasteiger partial charge in [0.15, 0.2) is 0 Å². The second kappa shape index (κ2) is 7.06. The molecule has 112 valence electrons. The van der Waals surface area contributed by atoms with Gasteiger partial charge in [0.2, 0.25) is 0 Å².